The number of hydrogen-bond acceptors (Lipinski definition) is 5. The Kier molecular flexibility index (Phi) is 4.00. The summed E-state index contributed by atoms with van der Waals surface area (Å²) in [5, 5.41) is 27.5. The smallest absolute Gasteiger partial charge is 0.322 e. The van der Waals surface area contributed by atoms with E-state index in [9.17, 15) is 18.3 Å². The third-order valence-electron chi connectivity index (χ3n) is 3.44. The number of nitrogens with zero attached hydrogens (tertiary/aromatic N) is 2. The zero-order valence-electron chi connectivity index (χ0n) is 11.2. The maximum Gasteiger partial charge on any atom is 0.322 e. The second-order valence-corrected chi connectivity index (χ2v) is 6.80. The molecule has 0 aromatic heterocycles. The Bertz CT molecular complexity index is 723. The monoisotopic (exact) mass is 310 g/mol. The molecule has 2 atom stereocenters. The normalized spacial score (nSPS) is 22.9. The zero-order valence-corrected chi connectivity index (χ0v) is 12.0. The van der Waals surface area contributed by atoms with E-state index in [2.05, 4.69) is 0 Å². The molecule has 0 saturated carbocycles. The lowest BCUT2D eigenvalue weighted by Gasteiger charge is -2.21. The van der Waals surface area contributed by atoms with Gasteiger partial charge in [-0.15, -0.1) is 0 Å². The number of carboxylic acids is 1. The molecule has 1 aromatic carbocycles. The predicted molar refractivity (Wildman–Crippen MR) is 71.8 cm³/mol. The molecule has 1 saturated heterocycles. The van der Waals surface area contributed by atoms with Crippen LogP contribution in [0.3, 0.4) is 0 Å². The number of sulfonamides is 1. The van der Waals surface area contributed by atoms with Crippen LogP contribution in [-0.2, 0) is 14.8 Å². The van der Waals surface area contributed by atoms with E-state index in [0.717, 1.165) is 4.31 Å². The topological polar surface area (TPSA) is 119 Å². The third kappa shape index (κ3) is 2.76. The lowest BCUT2D eigenvalue weighted by atomic mass is 10.1. The molecule has 0 unspecified atom stereocenters. The van der Waals surface area contributed by atoms with E-state index >= 15 is 0 Å². The molecule has 2 rings (SSSR count). The van der Waals surface area contributed by atoms with Crippen LogP contribution in [0.2, 0.25) is 0 Å². The Balaban J connectivity index is 2.45. The average Bonchev–Trinajstić information content (AvgIpc) is 2.81. The Labute approximate surface area is 122 Å². The zero-order chi connectivity index (χ0) is 15.8. The maximum atomic E-state index is 12.5. The van der Waals surface area contributed by atoms with Crippen molar-refractivity contribution in [3.8, 4) is 6.07 Å². The lowest BCUT2D eigenvalue weighted by molar-refractivity contribution is -0.140. The highest BCUT2D eigenvalue weighted by molar-refractivity contribution is 7.89. The average molecular weight is 310 g/mol. The minimum absolute atomic E-state index is 0.0839. The van der Waals surface area contributed by atoms with Gasteiger partial charge in [0.15, 0.2) is 0 Å². The van der Waals surface area contributed by atoms with Crippen LogP contribution in [0.15, 0.2) is 23.1 Å². The van der Waals surface area contributed by atoms with Gasteiger partial charge in [-0.1, -0.05) is 0 Å². The third-order valence-corrected chi connectivity index (χ3v) is 5.31. The summed E-state index contributed by atoms with van der Waals surface area (Å²) in [4.78, 5) is 11.1. The molecule has 0 bridgehead atoms. The molecule has 0 aliphatic carbocycles. The SMILES string of the molecule is Cc1cc(S(=O)(=O)N2C[C@H](O)C[C@H]2C(=O)O)ccc1C#N. The lowest BCUT2D eigenvalue weighted by Crippen LogP contribution is -2.40. The molecule has 7 nitrogen and oxygen atoms in total. The van der Waals surface area contributed by atoms with Gasteiger partial charge in [0.1, 0.15) is 6.04 Å². The van der Waals surface area contributed by atoms with Crippen LogP contribution in [0.25, 0.3) is 0 Å². The summed E-state index contributed by atoms with van der Waals surface area (Å²) in [6, 6.07) is 4.64. The number of aliphatic carboxylic acids is 1. The Hall–Kier alpha value is -1.95. The minimum atomic E-state index is -4.03. The molecular formula is C13H14N2O5S. The van der Waals surface area contributed by atoms with Crippen molar-refractivity contribution in [2.24, 2.45) is 0 Å². The first-order chi connectivity index (χ1) is 9.77. The van der Waals surface area contributed by atoms with Gasteiger partial charge in [-0.25, -0.2) is 8.42 Å². The van der Waals surface area contributed by atoms with Gasteiger partial charge in [0.2, 0.25) is 10.0 Å². The number of benzene rings is 1. The van der Waals surface area contributed by atoms with E-state index in [4.69, 9.17) is 10.4 Å². The van der Waals surface area contributed by atoms with Gasteiger partial charge in [-0.3, -0.25) is 4.79 Å². The fraction of sp³-hybridized carbons (Fsp3) is 0.385. The van der Waals surface area contributed by atoms with Crippen molar-refractivity contribution in [2.75, 3.05) is 6.54 Å². The molecule has 1 heterocycles. The predicted octanol–water partition coefficient (Wildman–Crippen LogP) is 0.0752. The summed E-state index contributed by atoms with van der Waals surface area (Å²) in [5.74, 6) is -1.29. The van der Waals surface area contributed by atoms with Crippen molar-refractivity contribution in [3.63, 3.8) is 0 Å². The van der Waals surface area contributed by atoms with E-state index in [-0.39, 0.29) is 17.9 Å². The number of aliphatic hydroxyl groups excluding tert-OH is 1. The van der Waals surface area contributed by atoms with Gasteiger partial charge in [0, 0.05) is 13.0 Å². The van der Waals surface area contributed by atoms with Crippen molar-refractivity contribution in [1.82, 2.24) is 4.31 Å². The van der Waals surface area contributed by atoms with Gasteiger partial charge >= 0.3 is 5.97 Å². The second kappa shape index (κ2) is 5.44. The summed E-state index contributed by atoms with van der Waals surface area (Å²) >= 11 is 0. The summed E-state index contributed by atoms with van der Waals surface area (Å²) in [6.07, 6.45) is -1.13. The summed E-state index contributed by atoms with van der Waals surface area (Å²) in [5.41, 5.74) is 0.843. The standard InChI is InChI=1S/C13H14N2O5S/c1-8-4-11(3-2-9(8)6-14)21(19,20)15-7-10(16)5-12(15)13(17)18/h2-4,10,12,16H,5,7H2,1H3,(H,17,18)/t10-,12+/m1/s1. The molecule has 112 valence electrons. The van der Waals surface area contributed by atoms with Crippen LogP contribution >= 0.6 is 0 Å². The van der Waals surface area contributed by atoms with Gasteiger partial charge in [-0.2, -0.15) is 9.57 Å². The number of nitriles is 1. The van der Waals surface area contributed by atoms with Crippen molar-refractivity contribution >= 4 is 16.0 Å². The van der Waals surface area contributed by atoms with Gasteiger partial charge in [-0.05, 0) is 30.7 Å². The first-order valence-corrected chi connectivity index (χ1v) is 7.65. The fourth-order valence-electron chi connectivity index (χ4n) is 2.33. The van der Waals surface area contributed by atoms with Crippen LogP contribution in [0.1, 0.15) is 17.5 Å². The number of aryl methyl sites for hydroxylation is 1. The van der Waals surface area contributed by atoms with Crippen molar-refractivity contribution in [3.05, 3.63) is 29.3 Å². The second-order valence-electron chi connectivity index (χ2n) is 4.91. The summed E-state index contributed by atoms with van der Waals surface area (Å²) in [6.45, 7) is 1.35. The van der Waals surface area contributed by atoms with Gasteiger partial charge in [0.25, 0.3) is 0 Å². The Morgan fingerprint density at radius 3 is 2.67 bits per heavy atom. The summed E-state index contributed by atoms with van der Waals surface area (Å²) in [7, 11) is -4.03. The van der Waals surface area contributed by atoms with Crippen LogP contribution < -0.4 is 0 Å². The molecular weight excluding hydrogens is 296 g/mol. The van der Waals surface area contributed by atoms with Gasteiger partial charge < -0.3 is 10.2 Å². The molecule has 1 fully saturated rings. The van der Waals surface area contributed by atoms with Crippen LogP contribution in [-0.4, -0.2) is 47.6 Å². The first kappa shape index (κ1) is 15.4. The molecule has 2 N–H and O–H groups in total. The van der Waals surface area contributed by atoms with Crippen LogP contribution in [0.5, 0.6) is 0 Å². The highest BCUT2D eigenvalue weighted by Crippen LogP contribution is 2.27. The molecule has 0 spiro atoms. The number of β-amino-alcohol motifs (C(OH)–C–C–N with tert-alkyl or cyclic N) is 1. The van der Waals surface area contributed by atoms with E-state index < -0.39 is 28.1 Å². The molecule has 1 aliphatic heterocycles. The number of carboxylic acid groups (broad SMARTS) is 1. The highest BCUT2D eigenvalue weighted by Gasteiger charge is 2.43. The van der Waals surface area contributed by atoms with Gasteiger partial charge in [0.05, 0.1) is 22.6 Å². The van der Waals surface area contributed by atoms with E-state index in [1.165, 1.54) is 18.2 Å². The van der Waals surface area contributed by atoms with Crippen LogP contribution in [0, 0.1) is 18.3 Å². The largest absolute Gasteiger partial charge is 0.480 e. The maximum absolute atomic E-state index is 12.5. The van der Waals surface area contributed by atoms with E-state index in [1.807, 2.05) is 6.07 Å². The highest BCUT2D eigenvalue weighted by atomic mass is 32.2. The quantitative estimate of drug-likeness (QED) is 0.816. The number of carbonyl (C=O) groups is 1. The molecule has 1 aromatic rings. The molecule has 0 amide bonds. The number of rotatable bonds is 3. The Morgan fingerprint density at radius 1 is 1.48 bits per heavy atom. The van der Waals surface area contributed by atoms with Crippen molar-refractivity contribution in [1.29, 1.82) is 5.26 Å². The fourth-order valence-corrected chi connectivity index (χ4v) is 4.05. The number of aliphatic hydroxyl groups is 1. The van der Waals surface area contributed by atoms with Crippen LogP contribution in [0.4, 0.5) is 0 Å². The first-order valence-electron chi connectivity index (χ1n) is 6.21. The van der Waals surface area contributed by atoms with Crippen molar-refractivity contribution < 1.29 is 23.4 Å². The summed E-state index contributed by atoms with van der Waals surface area (Å²) < 4.78 is 25.8. The van der Waals surface area contributed by atoms with Crippen molar-refractivity contribution in [2.45, 2.75) is 30.4 Å². The number of hydrogen-bond donors (Lipinski definition) is 2. The van der Waals surface area contributed by atoms with E-state index in [0.29, 0.717) is 11.1 Å². The molecule has 21 heavy (non-hydrogen) atoms. The Morgan fingerprint density at radius 2 is 2.14 bits per heavy atom. The molecule has 8 heteroatoms. The minimum Gasteiger partial charge on any atom is -0.480 e. The molecule has 0 radical (unpaired) electrons. The van der Waals surface area contributed by atoms with E-state index in [1.54, 1.807) is 6.92 Å². The molecule has 1 aliphatic rings.